The molecule has 5 aliphatic rings. The van der Waals surface area contributed by atoms with Crippen LogP contribution >= 0.6 is 0 Å². The van der Waals surface area contributed by atoms with E-state index < -0.39 is 48.2 Å². The van der Waals surface area contributed by atoms with Gasteiger partial charge < -0.3 is 8.54 Å². The number of hydrogen-bond acceptors (Lipinski definition) is 2. The van der Waals surface area contributed by atoms with Gasteiger partial charge in [0.05, 0.1) is 21.4 Å². The number of rotatable bonds is 6. The maximum Gasteiger partial charge on any atom is 0.332 e. The van der Waals surface area contributed by atoms with Crippen molar-refractivity contribution in [1.82, 2.24) is 0 Å². The summed E-state index contributed by atoms with van der Waals surface area (Å²) in [5, 5.41) is -0.190. The van der Waals surface area contributed by atoms with Gasteiger partial charge in [-0.3, -0.25) is 0 Å². The molecular formula is C30H60O2Si6. The van der Waals surface area contributed by atoms with E-state index in [1.807, 2.05) is 0 Å². The van der Waals surface area contributed by atoms with E-state index in [0.717, 1.165) is 17.8 Å². The first-order valence-electron chi connectivity index (χ1n) is 15.6. The van der Waals surface area contributed by atoms with Crippen LogP contribution < -0.4 is 0 Å². The van der Waals surface area contributed by atoms with Gasteiger partial charge in [0.1, 0.15) is 15.7 Å². The monoisotopic (exact) mass is 620 g/mol. The lowest BCUT2D eigenvalue weighted by atomic mass is 9.47. The predicted molar refractivity (Wildman–Crippen MR) is 183 cm³/mol. The van der Waals surface area contributed by atoms with E-state index in [-0.39, 0.29) is 10.6 Å². The van der Waals surface area contributed by atoms with Crippen molar-refractivity contribution in [3.63, 3.8) is 0 Å². The first-order valence-corrected chi connectivity index (χ1v) is 35.8. The molecule has 2 atom stereocenters. The molecule has 1 aliphatic heterocycles. The van der Waals surface area contributed by atoms with Crippen molar-refractivity contribution in [3.05, 3.63) is 10.4 Å². The van der Waals surface area contributed by atoms with E-state index in [0.29, 0.717) is 0 Å². The first-order chi connectivity index (χ1) is 16.9. The van der Waals surface area contributed by atoms with Crippen LogP contribution in [-0.2, 0) is 8.54 Å². The van der Waals surface area contributed by atoms with Crippen LogP contribution in [0.4, 0.5) is 0 Å². The molecular weight excluding hydrogens is 561 g/mol. The van der Waals surface area contributed by atoms with Gasteiger partial charge >= 0.3 is 8.08 Å². The summed E-state index contributed by atoms with van der Waals surface area (Å²) in [4.78, 5) is 1.72. The van der Waals surface area contributed by atoms with Crippen molar-refractivity contribution in [3.8, 4) is 11.5 Å². The smallest absolute Gasteiger partial charge is 0.332 e. The molecule has 0 spiro atoms. The molecule has 0 aromatic heterocycles. The second-order valence-corrected chi connectivity index (χ2v) is 52.2. The lowest BCUT2D eigenvalue weighted by molar-refractivity contribution is -0.121. The van der Waals surface area contributed by atoms with Crippen molar-refractivity contribution in [1.29, 1.82) is 0 Å². The van der Waals surface area contributed by atoms with Gasteiger partial charge in [0, 0.05) is 11.0 Å². The van der Waals surface area contributed by atoms with Crippen molar-refractivity contribution in [2.45, 2.75) is 142 Å². The zero-order valence-electron chi connectivity index (χ0n) is 27.8. The third kappa shape index (κ3) is 5.16. The third-order valence-corrected chi connectivity index (χ3v) is 34.6. The second kappa shape index (κ2) is 9.26. The van der Waals surface area contributed by atoms with Crippen LogP contribution in [0.25, 0.3) is 0 Å². The number of hydrogen-bond donors (Lipinski definition) is 0. The summed E-state index contributed by atoms with van der Waals surface area (Å²) in [7, 11) is -11.8. The molecule has 0 amide bonds. The largest absolute Gasteiger partial charge is 0.436 e. The molecule has 8 heteroatoms. The highest BCUT2D eigenvalue weighted by atomic mass is 29.3. The summed E-state index contributed by atoms with van der Waals surface area (Å²) in [6, 6.07) is 0. The van der Waals surface area contributed by atoms with Crippen molar-refractivity contribution in [2.24, 2.45) is 23.2 Å². The van der Waals surface area contributed by atoms with E-state index in [4.69, 9.17) is 8.54 Å². The molecule has 4 aliphatic carbocycles. The summed E-state index contributed by atoms with van der Waals surface area (Å²) in [5.74, 6) is 6.85. The highest BCUT2D eigenvalue weighted by Gasteiger charge is 2.76. The van der Waals surface area contributed by atoms with Crippen LogP contribution in [0.2, 0.25) is 98.2 Å². The van der Waals surface area contributed by atoms with Gasteiger partial charge in [-0.1, -0.05) is 84.5 Å². The van der Waals surface area contributed by atoms with Gasteiger partial charge in [-0.2, -0.15) is 0 Å². The molecule has 1 heterocycles. The fourth-order valence-electron chi connectivity index (χ4n) is 9.35. The molecule has 0 N–H and O–H groups in total. The Labute approximate surface area is 242 Å². The van der Waals surface area contributed by atoms with Gasteiger partial charge in [-0.25, -0.2) is 0 Å². The fraction of sp³-hybridized carbons (Fsp3) is 0.867. The van der Waals surface area contributed by atoms with Crippen LogP contribution in [0.1, 0.15) is 38.5 Å². The molecule has 0 aromatic rings. The van der Waals surface area contributed by atoms with E-state index in [1.54, 1.807) is 4.82 Å². The molecule has 0 radical (unpaired) electrons. The molecule has 0 saturated heterocycles. The lowest BCUT2D eigenvalue weighted by Gasteiger charge is -2.66. The average Bonchev–Trinajstić information content (AvgIpc) is 2.96. The molecule has 5 rings (SSSR count). The highest BCUT2D eigenvalue weighted by Crippen LogP contribution is 2.70. The summed E-state index contributed by atoms with van der Waals surface area (Å²) < 4.78 is 16.1. The van der Waals surface area contributed by atoms with Gasteiger partial charge in [0.25, 0.3) is 0 Å². The highest BCUT2D eigenvalue weighted by molar-refractivity contribution is 7.43. The van der Waals surface area contributed by atoms with Gasteiger partial charge in [0.15, 0.2) is 8.32 Å². The molecule has 2 nitrogen and oxygen atoms in total. The Morgan fingerprint density at radius 3 is 1.50 bits per heavy atom. The Kier molecular flexibility index (Phi) is 7.66. The Balaban J connectivity index is 2.17. The zero-order valence-corrected chi connectivity index (χ0v) is 33.8. The third-order valence-electron chi connectivity index (χ3n) is 9.82. The Morgan fingerprint density at radius 1 is 0.737 bits per heavy atom. The maximum absolute atomic E-state index is 8.39. The first kappa shape index (κ1) is 31.5. The molecule has 4 saturated carbocycles. The van der Waals surface area contributed by atoms with E-state index >= 15 is 0 Å². The Bertz CT molecular complexity index is 1020. The summed E-state index contributed by atoms with van der Waals surface area (Å²) in [6.07, 6.45) is 8.56. The van der Waals surface area contributed by atoms with Crippen LogP contribution in [0.15, 0.2) is 10.4 Å². The van der Waals surface area contributed by atoms with Crippen LogP contribution in [0.5, 0.6) is 0 Å². The molecule has 0 aromatic carbocycles. The van der Waals surface area contributed by atoms with Crippen molar-refractivity contribution in [2.75, 3.05) is 0 Å². The predicted octanol–water partition coefficient (Wildman–Crippen LogP) is 9.15. The van der Waals surface area contributed by atoms with Crippen molar-refractivity contribution < 1.29 is 8.54 Å². The van der Waals surface area contributed by atoms with Crippen LogP contribution in [0.3, 0.4) is 0 Å². The topological polar surface area (TPSA) is 18.5 Å². The maximum atomic E-state index is 8.39. The summed E-state index contributed by atoms with van der Waals surface area (Å²) in [6.45, 7) is 38.0. The molecule has 216 valence electrons. The molecule has 38 heavy (non-hydrogen) atoms. The minimum absolute atomic E-state index is 0.190. The average molecular weight is 621 g/mol. The lowest BCUT2D eigenvalue weighted by Crippen LogP contribution is -2.74. The fourth-order valence-corrected chi connectivity index (χ4v) is 44.4. The van der Waals surface area contributed by atoms with Gasteiger partial charge in [-0.15, -0.1) is 5.54 Å². The molecule has 4 bridgehead atoms. The standard InChI is InChI=1S/C30H60O2Si6/c1-33(2,3)17-16-27-28(34(4,5)6)38(37(13,14)15,32-36(10,11)12)31-30(27,35(7,8)9)29-21-24-18-25(22-29)20-26(19-24)23-29/h24-26H,18-23H2,1-15H3/t24?,25?,26?,29?,30-,38+/m0/s1. The minimum Gasteiger partial charge on any atom is -0.436 e. The molecule has 4 fully saturated rings. The van der Waals surface area contributed by atoms with Crippen molar-refractivity contribution >= 4 is 48.2 Å². The van der Waals surface area contributed by atoms with E-state index in [2.05, 4.69) is 110 Å². The quantitative estimate of drug-likeness (QED) is 0.218. The SMILES string of the molecule is C[Si](C)(C)C#CC1=C([Si](C)(C)C)[Si@@](O[Si](C)(C)C)([Si](C)(C)C)O[C@]1(C12CC3CC(CC(C3)C1)C2)[Si](C)(C)C. The summed E-state index contributed by atoms with van der Waals surface area (Å²) in [5.41, 5.74) is 5.76. The second-order valence-electron chi connectivity index (χ2n) is 18.8. The Morgan fingerprint density at radius 2 is 1.18 bits per heavy atom. The van der Waals surface area contributed by atoms with E-state index in [9.17, 15) is 0 Å². The summed E-state index contributed by atoms with van der Waals surface area (Å²) >= 11 is 0. The Hall–Kier alpha value is 0.521. The van der Waals surface area contributed by atoms with Gasteiger partial charge in [0.2, 0.25) is 0 Å². The van der Waals surface area contributed by atoms with Crippen LogP contribution in [-0.4, -0.2) is 53.4 Å². The van der Waals surface area contributed by atoms with Crippen LogP contribution in [0, 0.1) is 34.6 Å². The minimum atomic E-state index is -2.70. The van der Waals surface area contributed by atoms with Gasteiger partial charge in [-0.05, 0) is 80.7 Å². The zero-order chi connectivity index (χ0) is 29.0. The normalized spacial score (nSPS) is 38.0. The molecule has 0 unspecified atom stereocenters. The van der Waals surface area contributed by atoms with E-state index in [1.165, 1.54) is 44.1 Å².